The smallest absolute Gasteiger partial charge is 0.444 e. The number of nitrogens with zero attached hydrogens (tertiary/aromatic N) is 1. The molecule has 3 rings (SSSR count). The number of ether oxygens (including phenoxy) is 1. The fourth-order valence-electron chi connectivity index (χ4n) is 2.86. The summed E-state index contributed by atoms with van der Waals surface area (Å²) in [4.78, 5) is 16.4. The number of aromatic nitrogens is 1. The van der Waals surface area contributed by atoms with E-state index in [0.717, 1.165) is 16.6 Å². The van der Waals surface area contributed by atoms with Gasteiger partial charge in [-0.25, -0.2) is 9.78 Å². The third-order valence-electron chi connectivity index (χ3n) is 5.10. The SMILES string of the molecule is CC(C)(C)OC(=O)NCC(=Cc1ccc2ocnc2c1)B1OC(C)(C)C(C)(C)O1. The van der Waals surface area contributed by atoms with Crippen molar-refractivity contribution in [3.63, 3.8) is 0 Å². The van der Waals surface area contributed by atoms with Crippen LogP contribution in [-0.4, -0.2) is 41.5 Å². The Labute approximate surface area is 171 Å². The van der Waals surface area contributed by atoms with E-state index in [-0.39, 0.29) is 6.54 Å². The number of rotatable bonds is 4. The second-order valence-corrected chi connectivity index (χ2v) is 9.24. The van der Waals surface area contributed by atoms with E-state index >= 15 is 0 Å². The van der Waals surface area contributed by atoms with Crippen LogP contribution in [0.3, 0.4) is 0 Å². The Hall–Kier alpha value is -2.32. The summed E-state index contributed by atoms with van der Waals surface area (Å²) in [6.45, 7) is 13.7. The molecule has 0 atom stereocenters. The van der Waals surface area contributed by atoms with Crippen molar-refractivity contribution in [2.75, 3.05) is 6.54 Å². The van der Waals surface area contributed by atoms with Gasteiger partial charge in [0.05, 0.1) is 11.2 Å². The van der Waals surface area contributed by atoms with Crippen LogP contribution in [0.25, 0.3) is 17.2 Å². The highest BCUT2D eigenvalue weighted by Gasteiger charge is 2.52. The number of benzene rings is 1. The zero-order valence-electron chi connectivity index (χ0n) is 18.2. The summed E-state index contributed by atoms with van der Waals surface area (Å²) < 4.78 is 23.0. The highest BCUT2D eigenvalue weighted by Crippen LogP contribution is 2.38. The summed E-state index contributed by atoms with van der Waals surface area (Å²) in [5, 5.41) is 2.80. The van der Waals surface area contributed by atoms with Gasteiger partial charge in [-0.05, 0) is 71.6 Å². The lowest BCUT2D eigenvalue weighted by Crippen LogP contribution is -2.41. The molecule has 0 unspecified atom stereocenters. The number of amides is 1. The van der Waals surface area contributed by atoms with E-state index < -0.39 is 30.0 Å². The highest BCUT2D eigenvalue weighted by atomic mass is 16.7. The minimum absolute atomic E-state index is 0.225. The Morgan fingerprint density at radius 1 is 1.21 bits per heavy atom. The van der Waals surface area contributed by atoms with Crippen molar-refractivity contribution in [3.05, 3.63) is 35.6 Å². The normalized spacial score (nSPS) is 18.9. The van der Waals surface area contributed by atoms with Gasteiger partial charge < -0.3 is 23.8 Å². The van der Waals surface area contributed by atoms with Crippen LogP contribution < -0.4 is 5.32 Å². The molecule has 1 saturated heterocycles. The average molecular weight is 400 g/mol. The molecule has 8 heteroatoms. The van der Waals surface area contributed by atoms with Crippen LogP contribution in [0, 0.1) is 0 Å². The molecule has 0 aliphatic carbocycles. The van der Waals surface area contributed by atoms with E-state index in [2.05, 4.69) is 10.3 Å². The Balaban J connectivity index is 1.86. The predicted octanol–water partition coefficient (Wildman–Crippen LogP) is 4.37. The predicted molar refractivity (Wildman–Crippen MR) is 112 cm³/mol. The molecule has 1 N–H and O–H groups in total. The summed E-state index contributed by atoms with van der Waals surface area (Å²) in [7, 11) is -0.594. The van der Waals surface area contributed by atoms with Crippen molar-refractivity contribution in [3.8, 4) is 0 Å². The van der Waals surface area contributed by atoms with Gasteiger partial charge in [-0.15, -0.1) is 0 Å². The van der Waals surface area contributed by atoms with E-state index in [1.165, 1.54) is 6.39 Å². The van der Waals surface area contributed by atoms with Gasteiger partial charge in [0.1, 0.15) is 11.1 Å². The molecule has 0 spiro atoms. The largest absolute Gasteiger partial charge is 0.492 e. The van der Waals surface area contributed by atoms with Crippen LogP contribution in [0.15, 0.2) is 34.5 Å². The van der Waals surface area contributed by atoms with Crippen molar-refractivity contribution in [1.29, 1.82) is 0 Å². The van der Waals surface area contributed by atoms with Crippen LogP contribution in [0.5, 0.6) is 0 Å². The number of carbonyl (C=O) groups is 1. The van der Waals surface area contributed by atoms with Crippen molar-refractivity contribution >= 4 is 30.4 Å². The molecule has 2 aromatic rings. The molecule has 2 heterocycles. The quantitative estimate of drug-likeness (QED) is 0.768. The van der Waals surface area contributed by atoms with Crippen molar-refractivity contribution in [1.82, 2.24) is 10.3 Å². The van der Waals surface area contributed by atoms with Gasteiger partial charge in [0, 0.05) is 6.54 Å². The summed E-state index contributed by atoms with van der Waals surface area (Å²) in [5.41, 5.74) is 1.60. The number of oxazole rings is 1. The Morgan fingerprint density at radius 3 is 2.48 bits per heavy atom. The molecular formula is C21H29BN2O5. The van der Waals surface area contributed by atoms with Crippen molar-refractivity contribution in [2.45, 2.75) is 65.3 Å². The maximum absolute atomic E-state index is 12.2. The summed E-state index contributed by atoms with van der Waals surface area (Å²) in [5.74, 6) is 0. The number of fused-ring (bicyclic) bond motifs is 1. The molecule has 1 aromatic heterocycles. The molecular weight excluding hydrogens is 371 g/mol. The van der Waals surface area contributed by atoms with Gasteiger partial charge in [0.2, 0.25) is 0 Å². The van der Waals surface area contributed by atoms with Crippen molar-refractivity contribution in [2.24, 2.45) is 0 Å². The first-order valence-electron chi connectivity index (χ1n) is 9.72. The Kier molecular flexibility index (Phi) is 5.53. The molecule has 29 heavy (non-hydrogen) atoms. The minimum Gasteiger partial charge on any atom is -0.444 e. The van der Waals surface area contributed by atoms with E-state index in [4.69, 9.17) is 18.5 Å². The van der Waals surface area contributed by atoms with Gasteiger partial charge >= 0.3 is 13.2 Å². The zero-order valence-corrected chi connectivity index (χ0v) is 18.2. The molecule has 1 amide bonds. The second kappa shape index (κ2) is 7.50. The Bertz CT molecular complexity index is 911. The molecule has 1 aliphatic rings. The Morgan fingerprint density at radius 2 is 1.86 bits per heavy atom. The van der Waals surface area contributed by atoms with Gasteiger partial charge in [0.25, 0.3) is 0 Å². The summed E-state index contributed by atoms with van der Waals surface area (Å²) >= 11 is 0. The van der Waals surface area contributed by atoms with Crippen molar-refractivity contribution < 1.29 is 23.3 Å². The first-order chi connectivity index (χ1) is 13.4. The molecule has 1 fully saturated rings. The van der Waals surface area contributed by atoms with Gasteiger partial charge in [0.15, 0.2) is 12.0 Å². The summed E-state index contributed by atoms with van der Waals surface area (Å²) in [6.07, 6.45) is 2.86. The van der Waals surface area contributed by atoms with E-state index in [1.54, 1.807) is 0 Å². The maximum Gasteiger partial charge on any atom is 0.492 e. The molecule has 0 saturated carbocycles. The average Bonchev–Trinajstić information content (AvgIpc) is 3.11. The minimum atomic E-state index is -0.594. The van der Waals surface area contributed by atoms with Gasteiger partial charge in [-0.2, -0.15) is 0 Å². The fraction of sp³-hybridized carbons (Fsp3) is 0.524. The van der Waals surface area contributed by atoms with E-state index in [1.807, 2.05) is 72.7 Å². The van der Waals surface area contributed by atoms with Gasteiger partial charge in [-0.1, -0.05) is 12.1 Å². The van der Waals surface area contributed by atoms with Crippen LogP contribution >= 0.6 is 0 Å². The maximum atomic E-state index is 12.2. The molecule has 7 nitrogen and oxygen atoms in total. The molecule has 1 aliphatic heterocycles. The van der Waals surface area contributed by atoms with E-state index in [0.29, 0.717) is 5.58 Å². The number of alkyl carbamates (subject to hydrolysis) is 1. The first-order valence-corrected chi connectivity index (χ1v) is 9.72. The molecule has 156 valence electrons. The van der Waals surface area contributed by atoms with Crippen LogP contribution in [0.4, 0.5) is 4.79 Å². The summed E-state index contributed by atoms with van der Waals surface area (Å²) in [6, 6.07) is 5.70. The molecule has 1 aromatic carbocycles. The highest BCUT2D eigenvalue weighted by molar-refractivity contribution is 6.56. The van der Waals surface area contributed by atoms with Crippen LogP contribution in [0.2, 0.25) is 0 Å². The molecule has 0 bridgehead atoms. The third kappa shape index (κ3) is 5.00. The van der Waals surface area contributed by atoms with Crippen LogP contribution in [0.1, 0.15) is 54.0 Å². The number of hydrogen-bond acceptors (Lipinski definition) is 6. The van der Waals surface area contributed by atoms with E-state index in [9.17, 15) is 4.79 Å². The molecule has 0 radical (unpaired) electrons. The number of nitrogens with one attached hydrogen (secondary N) is 1. The lowest BCUT2D eigenvalue weighted by atomic mass is 9.77. The van der Waals surface area contributed by atoms with Crippen LogP contribution in [-0.2, 0) is 14.0 Å². The van der Waals surface area contributed by atoms with Gasteiger partial charge in [-0.3, -0.25) is 0 Å². The zero-order chi connectivity index (χ0) is 21.4. The second-order valence-electron chi connectivity index (χ2n) is 9.24. The lowest BCUT2D eigenvalue weighted by molar-refractivity contribution is 0.00578. The monoisotopic (exact) mass is 400 g/mol. The third-order valence-corrected chi connectivity index (χ3v) is 5.10. The number of hydrogen-bond donors (Lipinski definition) is 1. The lowest BCUT2D eigenvalue weighted by Gasteiger charge is -2.32. The fourth-order valence-corrected chi connectivity index (χ4v) is 2.86. The first kappa shape index (κ1) is 21.4. The standard InChI is InChI=1S/C21H29BN2O5/c1-19(2,3)27-18(25)23-12-15(22-28-20(4,5)21(6,7)29-22)10-14-8-9-17-16(11-14)24-13-26-17/h8-11,13H,12H2,1-7H3,(H,23,25). The topological polar surface area (TPSA) is 82.8 Å². The number of carbonyl (C=O) groups excluding carboxylic acids is 1.